The summed E-state index contributed by atoms with van der Waals surface area (Å²) in [5, 5.41) is 0. The zero-order valence-corrected chi connectivity index (χ0v) is 20.2. The fourth-order valence-electron chi connectivity index (χ4n) is 4.41. The monoisotopic (exact) mass is 470 g/mol. The Kier molecular flexibility index (Phi) is 7.46. The van der Waals surface area contributed by atoms with Crippen LogP contribution in [-0.4, -0.2) is 42.0 Å². The molecule has 0 saturated carbocycles. The lowest BCUT2D eigenvalue weighted by molar-refractivity contribution is -0.430. The highest BCUT2D eigenvalue weighted by Crippen LogP contribution is 2.32. The standard InChI is InChI=1S/C22H29N2.CHF3O3S/c1-14-10-16(3)21(17(4)11-14)23-8-9-24(20(23)7)22-18(5)12-15(2)13-19(22)6;2-1(3,4)8(5,6)7/h10-13H,8-9H2,1-7H3;(H,5,6,7)/q+1;/p-1. The van der Waals surface area contributed by atoms with Crippen LogP contribution >= 0.6 is 0 Å². The lowest BCUT2D eigenvalue weighted by atomic mass is 10.0. The molecule has 1 aliphatic rings. The molecule has 176 valence electrons. The Hall–Kier alpha value is -2.39. The summed E-state index contributed by atoms with van der Waals surface area (Å²) < 4.78 is 61.4. The molecule has 0 saturated heterocycles. The van der Waals surface area contributed by atoms with E-state index in [1.165, 1.54) is 50.6 Å². The summed E-state index contributed by atoms with van der Waals surface area (Å²) in [6.45, 7) is 17.6. The number of alkyl halides is 3. The predicted octanol–water partition coefficient (Wildman–Crippen LogP) is 5.17. The molecule has 0 spiro atoms. The van der Waals surface area contributed by atoms with Gasteiger partial charge in [-0.15, -0.1) is 0 Å². The first-order valence-electron chi connectivity index (χ1n) is 10.1. The van der Waals surface area contributed by atoms with E-state index in [2.05, 4.69) is 82.2 Å². The number of hydrogen-bond acceptors (Lipinski definition) is 4. The van der Waals surface area contributed by atoms with Crippen molar-refractivity contribution in [2.45, 2.75) is 54.0 Å². The van der Waals surface area contributed by atoms with Crippen LogP contribution in [0.25, 0.3) is 0 Å². The second kappa shape index (κ2) is 9.23. The van der Waals surface area contributed by atoms with Gasteiger partial charge in [0.1, 0.15) is 24.5 Å². The van der Waals surface area contributed by atoms with Crippen LogP contribution in [0.4, 0.5) is 24.5 Å². The van der Waals surface area contributed by atoms with Crippen molar-refractivity contribution in [3.05, 3.63) is 57.6 Å². The first-order chi connectivity index (χ1) is 14.5. The van der Waals surface area contributed by atoms with Gasteiger partial charge in [-0.1, -0.05) is 35.4 Å². The summed E-state index contributed by atoms with van der Waals surface area (Å²) in [7, 11) is -6.09. The Morgan fingerprint density at radius 2 is 1.22 bits per heavy atom. The summed E-state index contributed by atoms with van der Waals surface area (Å²) in [4.78, 5) is 2.49. The van der Waals surface area contributed by atoms with Gasteiger partial charge in [-0.2, -0.15) is 13.2 Å². The van der Waals surface area contributed by atoms with Gasteiger partial charge < -0.3 is 4.55 Å². The summed E-state index contributed by atoms with van der Waals surface area (Å²) in [6.07, 6.45) is 0. The van der Waals surface area contributed by atoms with Crippen molar-refractivity contribution in [2.75, 3.05) is 18.0 Å². The van der Waals surface area contributed by atoms with Gasteiger partial charge in [-0.3, -0.25) is 0 Å². The minimum Gasteiger partial charge on any atom is -0.741 e. The second-order valence-electron chi connectivity index (χ2n) is 8.25. The molecule has 1 aliphatic heterocycles. The highest BCUT2D eigenvalue weighted by Gasteiger charge is 2.37. The maximum Gasteiger partial charge on any atom is 0.485 e. The lowest BCUT2D eigenvalue weighted by Gasteiger charge is -2.17. The van der Waals surface area contributed by atoms with Gasteiger partial charge in [0.15, 0.2) is 10.1 Å². The van der Waals surface area contributed by atoms with Gasteiger partial charge in [-0.05, 0) is 63.8 Å². The van der Waals surface area contributed by atoms with Gasteiger partial charge in [0, 0.05) is 6.92 Å². The van der Waals surface area contributed by atoms with Crippen molar-refractivity contribution >= 4 is 27.3 Å². The number of nitrogens with zero attached hydrogens (tertiary/aromatic N) is 2. The third kappa shape index (κ3) is 5.50. The molecule has 2 aromatic rings. The average molecular weight is 471 g/mol. The van der Waals surface area contributed by atoms with E-state index < -0.39 is 15.6 Å². The molecule has 9 heteroatoms. The fourth-order valence-corrected chi connectivity index (χ4v) is 4.41. The maximum atomic E-state index is 10.7. The van der Waals surface area contributed by atoms with E-state index in [9.17, 15) is 13.2 Å². The normalized spacial score (nSPS) is 14.5. The zero-order valence-electron chi connectivity index (χ0n) is 19.4. The van der Waals surface area contributed by atoms with Crippen molar-refractivity contribution in [2.24, 2.45) is 0 Å². The van der Waals surface area contributed by atoms with Crippen molar-refractivity contribution in [3.8, 4) is 0 Å². The van der Waals surface area contributed by atoms with E-state index in [0.29, 0.717) is 0 Å². The van der Waals surface area contributed by atoms with E-state index >= 15 is 0 Å². The summed E-state index contributed by atoms with van der Waals surface area (Å²) in [5.74, 6) is 1.33. The molecule has 0 unspecified atom stereocenters. The smallest absolute Gasteiger partial charge is 0.485 e. The summed E-state index contributed by atoms with van der Waals surface area (Å²) in [5.41, 5.74) is 5.26. The molecule has 1 heterocycles. The van der Waals surface area contributed by atoms with Gasteiger partial charge in [0.25, 0.3) is 5.84 Å². The number of hydrogen-bond donors (Lipinski definition) is 0. The van der Waals surface area contributed by atoms with E-state index in [1.54, 1.807) is 0 Å². The van der Waals surface area contributed by atoms with Crippen LogP contribution < -0.4 is 4.90 Å². The molecule has 0 aromatic heterocycles. The average Bonchev–Trinajstić information content (AvgIpc) is 2.93. The largest absolute Gasteiger partial charge is 0.741 e. The van der Waals surface area contributed by atoms with Crippen molar-refractivity contribution < 1.29 is 30.7 Å². The molecule has 5 nitrogen and oxygen atoms in total. The first kappa shape index (κ1) is 25.9. The molecule has 0 radical (unpaired) electrons. The molecule has 0 atom stereocenters. The maximum absolute atomic E-state index is 10.7. The predicted molar refractivity (Wildman–Crippen MR) is 120 cm³/mol. The first-order valence-corrected chi connectivity index (χ1v) is 11.5. The minimum atomic E-state index is -6.09. The number of benzene rings is 2. The molecule has 2 aromatic carbocycles. The van der Waals surface area contributed by atoms with Gasteiger partial charge in [-0.25, -0.2) is 17.9 Å². The van der Waals surface area contributed by atoms with E-state index in [0.717, 1.165) is 13.1 Å². The third-order valence-electron chi connectivity index (χ3n) is 5.42. The Bertz CT molecular complexity index is 1120. The number of amidine groups is 1. The van der Waals surface area contributed by atoms with Gasteiger partial charge >= 0.3 is 5.51 Å². The van der Waals surface area contributed by atoms with Crippen LogP contribution in [0.15, 0.2) is 24.3 Å². The van der Waals surface area contributed by atoms with E-state index in [4.69, 9.17) is 13.0 Å². The Balaban J connectivity index is 0.000000390. The lowest BCUT2D eigenvalue weighted by Crippen LogP contribution is -2.27. The Morgan fingerprint density at radius 1 is 0.844 bits per heavy atom. The molecule has 0 fully saturated rings. The molecule has 0 N–H and O–H groups in total. The molecular weight excluding hydrogens is 441 g/mol. The third-order valence-corrected chi connectivity index (χ3v) is 5.99. The van der Waals surface area contributed by atoms with Gasteiger partial charge in [0.2, 0.25) is 0 Å². The van der Waals surface area contributed by atoms with Crippen molar-refractivity contribution in [1.29, 1.82) is 0 Å². The summed E-state index contributed by atoms with van der Waals surface area (Å²) >= 11 is 0. The number of aryl methyl sites for hydroxylation is 6. The molecule has 0 amide bonds. The molecule has 0 aliphatic carbocycles. The van der Waals surface area contributed by atoms with E-state index in [-0.39, 0.29) is 0 Å². The number of halogens is 3. The van der Waals surface area contributed by atoms with Crippen LogP contribution in [0.5, 0.6) is 0 Å². The zero-order chi connectivity index (χ0) is 24.6. The van der Waals surface area contributed by atoms with Crippen LogP contribution in [0, 0.1) is 41.5 Å². The molecule has 0 bridgehead atoms. The van der Waals surface area contributed by atoms with E-state index in [1.807, 2.05) is 0 Å². The fraction of sp³-hybridized carbons (Fsp3) is 0.435. The van der Waals surface area contributed by atoms with Crippen LogP contribution in [0.2, 0.25) is 0 Å². The SMILES string of the molecule is CC1=[N+](c2c(C)cc(C)cc2C)CCN1c1c(C)cc(C)cc1C.O=S(=O)([O-])C(F)(F)F. The van der Waals surface area contributed by atoms with Gasteiger partial charge in [0.05, 0.1) is 0 Å². The molecular formula is C23H29F3N2O3S. The van der Waals surface area contributed by atoms with Crippen molar-refractivity contribution in [1.82, 2.24) is 0 Å². The van der Waals surface area contributed by atoms with Crippen LogP contribution in [0.3, 0.4) is 0 Å². The highest BCUT2D eigenvalue weighted by molar-refractivity contribution is 7.86. The highest BCUT2D eigenvalue weighted by atomic mass is 32.2. The number of anilines is 1. The van der Waals surface area contributed by atoms with Crippen LogP contribution in [0.1, 0.15) is 40.3 Å². The Morgan fingerprint density at radius 3 is 1.59 bits per heavy atom. The topological polar surface area (TPSA) is 63.5 Å². The minimum absolute atomic E-state index is 1.04. The number of rotatable bonds is 2. The van der Waals surface area contributed by atoms with Crippen LogP contribution in [-0.2, 0) is 10.1 Å². The summed E-state index contributed by atoms with van der Waals surface area (Å²) in [6, 6.07) is 9.17. The Labute approximate surface area is 187 Å². The molecule has 3 rings (SSSR count). The second-order valence-corrected chi connectivity index (χ2v) is 9.62. The molecule has 32 heavy (non-hydrogen) atoms. The van der Waals surface area contributed by atoms with Crippen molar-refractivity contribution in [3.63, 3.8) is 0 Å². The quantitative estimate of drug-likeness (QED) is 0.345.